The van der Waals surface area contributed by atoms with Crippen LogP contribution in [0.25, 0.3) is 11.0 Å². The van der Waals surface area contributed by atoms with Crippen molar-refractivity contribution in [1.82, 2.24) is 25.1 Å². The van der Waals surface area contributed by atoms with Crippen molar-refractivity contribution in [2.24, 2.45) is 0 Å². The highest BCUT2D eigenvalue weighted by Crippen LogP contribution is 2.27. The minimum Gasteiger partial charge on any atom is -0.368 e. The Labute approximate surface area is 121 Å². The number of nitrogens with one attached hydrogen (secondary N) is 1. The molecular weight excluding hydrogens is 268 g/mol. The normalized spacial score (nSPS) is 19.0. The van der Waals surface area contributed by atoms with Crippen LogP contribution in [0.2, 0.25) is 0 Å². The summed E-state index contributed by atoms with van der Waals surface area (Å²) in [6.45, 7) is 2.16. The first-order chi connectivity index (χ1) is 10.4. The van der Waals surface area contributed by atoms with Crippen molar-refractivity contribution >= 4 is 16.9 Å². The SMILES string of the molecule is c1cnc2n[nH]c([C@@H]3CN(c4cnccn4)CCO3)c2c1. The molecule has 0 amide bonds. The fraction of sp³-hybridized carbons (Fsp3) is 0.286. The Hall–Kier alpha value is -2.54. The van der Waals surface area contributed by atoms with E-state index in [1.807, 2.05) is 12.1 Å². The van der Waals surface area contributed by atoms with Crippen molar-refractivity contribution in [3.63, 3.8) is 0 Å². The fourth-order valence-electron chi connectivity index (χ4n) is 2.60. The average molecular weight is 282 g/mol. The van der Waals surface area contributed by atoms with E-state index < -0.39 is 0 Å². The minimum atomic E-state index is -0.0741. The number of pyridine rings is 1. The lowest BCUT2D eigenvalue weighted by atomic mass is 10.1. The van der Waals surface area contributed by atoms with Gasteiger partial charge < -0.3 is 9.64 Å². The Kier molecular flexibility index (Phi) is 2.97. The number of hydrogen-bond donors (Lipinski definition) is 1. The highest BCUT2D eigenvalue weighted by Gasteiger charge is 2.26. The number of H-pyrrole nitrogens is 1. The van der Waals surface area contributed by atoms with Gasteiger partial charge in [0, 0.05) is 30.5 Å². The molecule has 4 heterocycles. The second kappa shape index (κ2) is 5.10. The van der Waals surface area contributed by atoms with Crippen LogP contribution in [-0.4, -0.2) is 44.8 Å². The standard InChI is InChI=1S/C14H14N6O/c1-2-10-13(18-19-14(10)17-3-1)11-9-20(6-7-21-11)12-8-15-4-5-16-12/h1-5,8,11H,6-7,9H2,(H,17,18,19)/t11-/m0/s1. The van der Waals surface area contributed by atoms with Crippen LogP contribution < -0.4 is 4.90 Å². The molecule has 0 aliphatic carbocycles. The zero-order valence-electron chi connectivity index (χ0n) is 11.3. The van der Waals surface area contributed by atoms with Gasteiger partial charge in [0.2, 0.25) is 0 Å². The van der Waals surface area contributed by atoms with E-state index in [0.717, 1.165) is 23.4 Å². The van der Waals surface area contributed by atoms with E-state index in [9.17, 15) is 0 Å². The second-order valence-electron chi connectivity index (χ2n) is 4.88. The number of ether oxygens (including phenoxy) is 1. The van der Waals surface area contributed by atoms with Gasteiger partial charge >= 0.3 is 0 Å². The summed E-state index contributed by atoms with van der Waals surface area (Å²) < 4.78 is 5.89. The molecule has 0 spiro atoms. The van der Waals surface area contributed by atoms with E-state index in [2.05, 4.69) is 30.0 Å². The van der Waals surface area contributed by atoms with Crippen molar-refractivity contribution in [2.75, 3.05) is 24.6 Å². The molecule has 3 aromatic heterocycles. The van der Waals surface area contributed by atoms with Crippen molar-refractivity contribution in [1.29, 1.82) is 0 Å². The summed E-state index contributed by atoms with van der Waals surface area (Å²) >= 11 is 0. The molecule has 1 N–H and O–H groups in total. The molecule has 0 saturated carbocycles. The molecule has 0 radical (unpaired) electrons. The third-order valence-corrected chi connectivity index (χ3v) is 3.62. The summed E-state index contributed by atoms with van der Waals surface area (Å²) in [5.41, 5.74) is 1.68. The highest BCUT2D eigenvalue weighted by molar-refractivity contribution is 5.77. The van der Waals surface area contributed by atoms with E-state index >= 15 is 0 Å². The van der Waals surface area contributed by atoms with E-state index in [4.69, 9.17) is 4.74 Å². The molecule has 1 saturated heterocycles. The van der Waals surface area contributed by atoms with Crippen LogP contribution in [0.5, 0.6) is 0 Å². The molecular formula is C14H14N6O. The van der Waals surface area contributed by atoms with Gasteiger partial charge in [0.05, 0.1) is 25.0 Å². The molecule has 1 aliphatic rings. The lowest BCUT2D eigenvalue weighted by Crippen LogP contribution is -2.39. The Morgan fingerprint density at radius 1 is 1.24 bits per heavy atom. The van der Waals surface area contributed by atoms with Gasteiger partial charge in [-0.25, -0.2) is 9.97 Å². The number of anilines is 1. The van der Waals surface area contributed by atoms with E-state index in [0.29, 0.717) is 18.8 Å². The average Bonchev–Trinajstić information content (AvgIpc) is 3.00. The highest BCUT2D eigenvalue weighted by atomic mass is 16.5. The number of rotatable bonds is 2. The van der Waals surface area contributed by atoms with Crippen LogP contribution in [0.3, 0.4) is 0 Å². The summed E-state index contributed by atoms with van der Waals surface area (Å²) in [6.07, 6.45) is 6.82. The molecule has 0 bridgehead atoms. The van der Waals surface area contributed by atoms with Crippen LogP contribution in [0.1, 0.15) is 11.8 Å². The Balaban J connectivity index is 1.64. The van der Waals surface area contributed by atoms with E-state index in [1.54, 1.807) is 24.8 Å². The third kappa shape index (κ3) is 2.21. The zero-order chi connectivity index (χ0) is 14.1. The monoisotopic (exact) mass is 282 g/mol. The summed E-state index contributed by atoms with van der Waals surface area (Å²) in [5.74, 6) is 0.868. The Morgan fingerprint density at radius 2 is 2.24 bits per heavy atom. The summed E-state index contributed by atoms with van der Waals surface area (Å²) in [5, 5.41) is 8.29. The number of aromatic nitrogens is 5. The molecule has 0 aromatic carbocycles. The molecule has 1 fully saturated rings. The largest absolute Gasteiger partial charge is 0.368 e. The maximum Gasteiger partial charge on any atom is 0.181 e. The topological polar surface area (TPSA) is 79.8 Å². The maximum absolute atomic E-state index is 5.89. The smallest absolute Gasteiger partial charge is 0.181 e. The number of aromatic amines is 1. The first-order valence-electron chi connectivity index (χ1n) is 6.83. The van der Waals surface area contributed by atoms with Gasteiger partial charge in [-0.15, -0.1) is 0 Å². The Bertz CT molecular complexity index is 743. The molecule has 7 nitrogen and oxygen atoms in total. The Morgan fingerprint density at radius 3 is 3.14 bits per heavy atom. The minimum absolute atomic E-state index is 0.0741. The van der Waals surface area contributed by atoms with Crippen LogP contribution in [0.15, 0.2) is 36.9 Å². The number of morpholine rings is 1. The fourth-order valence-corrected chi connectivity index (χ4v) is 2.60. The lowest BCUT2D eigenvalue weighted by Gasteiger charge is -2.33. The van der Waals surface area contributed by atoms with Crippen molar-refractivity contribution < 1.29 is 4.74 Å². The van der Waals surface area contributed by atoms with Gasteiger partial charge in [-0.1, -0.05) is 0 Å². The second-order valence-corrected chi connectivity index (χ2v) is 4.88. The van der Waals surface area contributed by atoms with Gasteiger partial charge in [0.25, 0.3) is 0 Å². The number of nitrogens with zero attached hydrogens (tertiary/aromatic N) is 5. The molecule has 106 valence electrons. The van der Waals surface area contributed by atoms with Crippen LogP contribution in [0.4, 0.5) is 5.82 Å². The molecule has 1 atom stereocenters. The predicted molar refractivity (Wildman–Crippen MR) is 76.8 cm³/mol. The molecule has 0 unspecified atom stereocenters. The molecule has 3 aromatic rings. The number of fused-ring (bicyclic) bond motifs is 1. The van der Waals surface area contributed by atoms with Crippen LogP contribution in [-0.2, 0) is 4.74 Å². The number of hydrogen-bond acceptors (Lipinski definition) is 6. The van der Waals surface area contributed by atoms with E-state index in [1.165, 1.54) is 0 Å². The summed E-state index contributed by atoms with van der Waals surface area (Å²) in [4.78, 5) is 14.9. The van der Waals surface area contributed by atoms with Crippen molar-refractivity contribution in [3.05, 3.63) is 42.6 Å². The van der Waals surface area contributed by atoms with E-state index in [-0.39, 0.29) is 6.10 Å². The van der Waals surface area contributed by atoms with Gasteiger partial charge in [-0.3, -0.25) is 10.1 Å². The molecule has 21 heavy (non-hydrogen) atoms. The molecule has 4 rings (SSSR count). The first-order valence-corrected chi connectivity index (χ1v) is 6.83. The summed E-state index contributed by atoms with van der Waals surface area (Å²) in [7, 11) is 0. The van der Waals surface area contributed by atoms with Gasteiger partial charge in [-0.2, -0.15) is 5.10 Å². The van der Waals surface area contributed by atoms with Crippen LogP contribution in [0, 0.1) is 0 Å². The quantitative estimate of drug-likeness (QED) is 0.763. The van der Waals surface area contributed by atoms with Gasteiger partial charge in [0.15, 0.2) is 5.65 Å². The zero-order valence-corrected chi connectivity index (χ0v) is 11.3. The molecule has 1 aliphatic heterocycles. The van der Waals surface area contributed by atoms with Crippen molar-refractivity contribution in [3.8, 4) is 0 Å². The maximum atomic E-state index is 5.89. The van der Waals surface area contributed by atoms with Crippen molar-refractivity contribution in [2.45, 2.75) is 6.10 Å². The van der Waals surface area contributed by atoms with Gasteiger partial charge in [-0.05, 0) is 12.1 Å². The van der Waals surface area contributed by atoms with Crippen LogP contribution >= 0.6 is 0 Å². The van der Waals surface area contributed by atoms with Gasteiger partial charge in [0.1, 0.15) is 11.9 Å². The summed E-state index contributed by atoms with van der Waals surface area (Å²) in [6, 6.07) is 3.91. The third-order valence-electron chi connectivity index (χ3n) is 3.62. The lowest BCUT2D eigenvalue weighted by molar-refractivity contribution is 0.0376. The molecule has 7 heteroatoms. The first kappa shape index (κ1) is 12.2. The predicted octanol–water partition coefficient (Wildman–Crippen LogP) is 1.33.